The van der Waals surface area contributed by atoms with E-state index < -0.39 is 6.10 Å². The molecule has 130 valence electrons. The van der Waals surface area contributed by atoms with Gasteiger partial charge in [-0.2, -0.15) is 0 Å². The van der Waals surface area contributed by atoms with Crippen LogP contribution in [-0.2, 0) is 9.59 Å². The Balaban J connectivity index is 1.77. The number of aryl methyl sites for hydroxylation is 1. The molecule has 2 aromatic rings. The number of ether oxygens (including phenoxy) is 2. The summed E-state index contributed by atoms with van der Waals surface area (Å²) in [5.74, 6) is 0.803. The van der Waals surface area contributed by atoms with Crippen molar-refractivity contribution in [2.24, 2.45) is 0 Å². The Morgan fingerprint density at radius 3 is 2.64 bits per heavy atom. The largest absolute Gasteiger partial charge is 0.497 e. The van der Waals surface area contributed by atoms with Gasteiger partial charge in [0.25, 0.3) is 5.91 Å². The lowest BCUT2D eigenvalue weighted by molar-refractivity contribution is -0.127. The van der Waals surface area contributed by atoms with Crippen molar-refractivity contribution >= 4 is 23.2 Å². The summed E-state index contributed by atoms with van der Waals surface area (Å²) in [6.45, 7) is 3.53. The lowest BCUT2D eigenvalue weighted by Gasteiger charge is -2.32. The number of carbonyl (C=O) groups excluding carboxylic acids is 2. The molecule has 0 fully saturated rings. The van der Waals surface area contributed by atoms with Crippen LogP contribution in [-0.4, -0.2) is 31.6 Å². The zero-order chi connectivity index (χ0) is 18.0. The van der Waals surface area contributed by atoms with E-state index in [2.05, 4.69) is 5.32 Å². The highest BCUT2D eigenvalue weighted by atomic mass is 16.5. The van der Waals surface area contributed by atoms with Crippen LogP contribution in [0.5, 0.6) is 11.5 Å². The molecule has 0 saturated heterocycles. The maximum Gasteiger partial charge on any atom is 0.268 e. The van der Waals surface area contributed by atoms with E-state index in [1.54, 1.807) is 38.3 Å². The molecule has 0 unspecified atom stereocenters. The van der Waals surface area contributed by atoms with E-state index in [1.165, 1.54) is 4.90 Å². The van der Waals surface area contributed by atoms with E-state index in [1.807, 2.05) is 25.1 Å². The van der Waals surface area contributed by atoms with Crippen molar-refractivity contribution in [3.63, 3.8) is 0 Å². The highest BCUT2D eigenvalue weighted by Gasteiger charge is 2.32. The van der Waals surface area contributed by atoms with Crippen LogP contribution in [0.25, 0.3) is 0 Å². The van der Waals surface area contributed by atoms with Crippen molar-refractivity contribution in [1.82, 2.24) is 0 Å². The highest BCUT2D eigenvalue weighted by Crippen LogP contribution is 2.34. The fourth-order valence-electron chi connectivity index (χ4n) is 2.70. The fraction of sp³-hybridized carbons (Fsp3) is 0.263. The third kappa shape index (κ3) is 3.57. The number of fused-ring (bicyclic) bond motifs is 1. The maximum atomic E-state index is 12.5. The topological polar surface area (TPSA) is 67.9 Å². The molecule has 25 heavy (non-hydrogen) atoms. The maximum absolute atomic E-state index is 12.5. The number of nitrogens with zero attached hydrogens (tertiary/aromatic N) is 1. The van der Waals surface area contributed by atoms with Gasteiger partial charge in [-0.25, -0.2) is 0 Å². The first-order valence-electron chi connectivity index (χ1n) is 8.00. The fourth-order valence-corrected chi connectivity index (χ4v) is 2.70. The number of amides is 2. The van der Waals surface area contributed by atoms with Crippen molar-refractivity contribution in [3.05, 3.63) is 48.0 Å². The van der Waals surface area contributed by atoms with Gasteiger partial charge in [-0.05, 0) is 55.8 Å². The summed E-state index contributed by atoms with van der Waals surface area (Å²) in [6.07, 6.45) is -0.621. The van der Waals surface area contributed by atoms with Crippen LogP contribution >= 0.6 is 0 Å². The molecule has 1 atom stereocenters. The second-order valence-electron chi connectivity index (χ2n) is 5.93. The van der Waals surface area contributed by atoms with E-state index in [4.69, 9.17) is 9.47 Å². The Hall–Kier alpha value is -3.02. The first-order chi connectivity index (χ1) is 12.0. The van der Waals surface area contributed by atoms with Gasteiger partial charge in [0.05, 0.1) is 12.8 Å². The number of nitrogens with one attached hydrogen (secondary N) is 1. The summed E-state index contributed by atoms with van der Waals surface area (Å²) in [5, 5.41) is 2.79. The molecule has 1 aliphatic heterocycles. The van der Waals surface area contributed by atoms with Gasteiger partial charge in [-0.3, -0.25) is 14.5 Å². The van der Waals surface area contributed by atoms with Crippen molar-refractivity contribution in [2.45, 2.75) is 20.0 Å². The van der Waals surface area contributed by atoms with Gasteiger partial charge >= 0.3 is 0 Å². The predicted molar refractivity (Wildman–Crippen MR) is 95.2 cm³/mol. The molecule has 0 spiro atoms. The van der Waals surface area contributed by atoms with Crippen molar-refractivity contribution in [3.8, 4) is 11.5 Å². The average Bonchev–Trinajstić information content (AvgIpc) is 2.60. The summed E-state index contributed by atoms with van der Waals surface area (Å²) < 4.78 is 10.7. The minimum atomic E-state index is -0.621. The molecule has 2 aromatic carbocycles. The monoisotopic (exact) mass is 340 g/mol. The number of methoxy groups -OCH3 is 1. The zero-order valence-electron chi connectivity index (χ0n) is 14.4. The van der Waals surface area contributed by atoms with Gasteiger partial charge in [0.15, 0.2) is 6.10 Å². The van der Waals surface area contributed by atoms with E-state index in [0.29, 0.717) is 22.9 Å². The normalized spacial score (nSPS) is 16.0. The molecule has 0 aliphatic carbocycles. The number of hydrogen-bond donors (Lipinski definition) is 1. The Bertz CT molecular complexity index is 802. The first kappa shape index (κ1) is 16.8. The minimum absolute atomic E-state index is 0.0744. The van der Waals surface area contributed by atoms with Crippen LogP contribution < -0.4 is 19.7 Å². The summed E-state index contributed by atoms with van der Waals surface area (Å²) in [7, 11) is 1.58. The molecule has 3 rings (SSSR count). The van der Waals surface area contributed by atoms with Crippen LogP contribution in [0.3, 0.4) is 0 Å². The summed E-state index contributed by atoms with van der Waals surface area (Å²) in [6, 6.07) is 12.6. The molecule has 6 heteroatoms. The summed E-state index contributed by atoms with van der Waals surface area (Å²) >= 11 is 0. The molecular formula is C19H20N2O4. The van der Waals surface area contributed by atoms with Crippen LogP contribution in [0.4, 0.5) is 11.4 Å². The van der Waals surface area contributed by atoms with Crippen LogP contribution in [0.1, 0.15) is 12.5 Å². The molecule has 0 bridgehead atoms. The van der Waals surface area contributed by atoms with Crippen LogP contribution in [0, 0.1) is 6.92 Å². The Labute approximate surface area is 146 Å². The van der Waals surface area contributed by atoms with Crippen molar-refractivity contribution < 1.29 is 19.1 Å². The van der Waals surface area contributed by atoms with Gasteiger partial charge in [0, 0.05) is 5.69 Å². The number of carbonyl (C=O) groups is 2. The summed E-state index contributed by atoms with van der Waals surface area (Å²) in [5.41, 5.74) is 2.25. The molecule has 0 aromatic heterocycles. The number of anilines is 2. The van der Waals surface area contributed by atoms with Gasteiger partial charge in [0.1, 0.15) is 18.0 Å². The zero-order valence-corrected chi connectivity index (χ0v) is 14.4. The molecule has 6 nitrogen and oxygen atoms in total. The third-order valence-corrected chi connectivity index (χ3v) is 4.00. The Morgan fingerprint density at radius 1 is 1.24 bits per heavy atom. The van der Waals surface area contributed by atoms with E-state index in [-0.39, 0.29) is 18.4 Å². The molecule has 2 amide bonds. The van der Waals surface area contributed by atoms with Gasteiger partial charge in [-0.15, -0.1) is 0 Å². The smallest absolute Gasteiger partial charge is 0.268 e. The SMILES string of the molecule is COc1ccc(NC(=O)CN2C(=O)[C@H](C)Oc3ccc(C)cc32)cc1. The van der Waals surface area contributed by atoms with E-state index >= 15 is 0 Å². The molecule has 1 N–H and O–H groups in total. The van der Waals surface area contributed by atoms with E-state index in [0.717, 1.165) is 5.56 Å². The predicted octanol–water partition coefficient (Wildman–Crippen LogP) is 2.76. The van der Waals surface area contributed by atoms with Gasteiger partial charge in [-0.1, -0.05) is 6.07 Å². The Morgan fingerprint density at radius 2 is 1.96 bits per heavy atom. The number of rotatable bonds is 4. The quantitative estimate of drug-likeness (QED) is 0.929. The van der Waals surface area contributed by atoms with Crippen molar-refractivity contribution in [2.75, 3.05) is 23.9 Å². The standard InChI is InChI=1S/C19H20N2O4/c1-12-4-9-17-16(10-12)21(19(23)13(2)25-17)11-18(22)20-14-5-7-15(24-3)8-6-14/h4-10,13H,11H2,1-3H3,(H,20,22)/t13-/m0/s1. The second kappa shape index (κ2) is 6.84. The molecule has 0 saturated carbocycles. The lowest BCUT2D eigenvalue weighted by Crippen LogP contribution is -2.47. The lowest BCUT2D eigenvalue weighted by atomic mass is 10.1. The summed E-state index contributed by atoms with van der Waals surface area (Å²) in [4.78, 5) is 26.3. The first-order valence-corrected chi connectivity index (χ1v) is 8.00. The number of hydrogen-bond acceptors (Lipinski definition) is 4. The molecule has 1 aliphatic rings. The van der Waals surface area contributed by atoms with Gasteiger partial charge < -0.3 is 14.8 Å². The van der Waals surface area contributed by atoms with E-state index in [9.17, 15) is 9.59 Å². The molecule has 1 heterocycles. The third-order valence-electron chi connectivity index (χ3n) is 4.00. The molecular weight excluding hydrogens is 320 g/mol. The van der Waals surface area contributed by atoms with Gasteiger partial charge in [0.2, 0.25) is 5.91 Å². The number of benzene rings is 2. The van der Waals surface area contributed by atoms with Crippen LogP contribution in [0.15, 0.2) is 42.5 Å². The van der Waals surface area contributed by atoms with Crippen LogP contribution in [0.2, 0.25) is 0 Å². The minimum Gasteiger partial charge on any atom is -0.497 e. The Kier molecular flexibility index (Phi) is 4.61. The second-order valence-corrected chi connectivity index (χ2v) is 5.93. The highest BCUT2D eigenvalue weighted by molar-refractivity contribution is 6.06. The van der Waals surface area contributed by atoms with Crippen molar-refractivity contribution in [1.29, 1.82) is 0 Å². The average molecular weight is 340 g/mol. The molecule has 0 radical (unpaired) electrons.